The molecule has 0 aliphatic carbocycles. The Labute approximate surface area is 109 Å². The van der Waals surface area contributed by atoms with E-state index in [1.54, 1.807) is 0 Å². The second-order valence-corrected chi connectivity index (χ2v) is 5.76. The number of rotatable bonds is 7. The average molecular weight is 275 g/mol. The molecule has 0 radical (unpaired) electrons. The highest BCUT2D eigenvalue weighted by Crippen LogP contribution is 2.15. The van der Waals surface area contributed by atoms with Crippen molar-refractivity contribution in [3.05, 3.63) is 29.8 Å². The van der Waals surface area contributed by atoms with Crippen LogP contribution in [-0.4, -0.2) is 22.5 Å². The van der Waals surface area contributed by atoms with Crippen LogP contribution in [0.1, 0.15) is 26.7 Å². The van der Waals surface area contributed by atoms with Crippen LogP contribution < -0.4 is 5.32 Å². The third-order valence-electron chi connectivity index (χ3n) is 2.66. The van der Waals surface area contributed by atoms with E-state index in [1.807, 2.05) is 6.92 Å². The quantitative estimate of drug-likeness (QED) is 0.829. The van der Waals surface area contributed by atoms with Crippen LogP contribution >= 0.6 is 0 Å². The molecule has 102 valence electrons. The van der Waals surface area contributed by atoms with E-state index in [1.165, 1.54) is 6.07 Å². The van der Waals surface area contributed by atoms with E-state index in [9.17, 15) is 13.0 Å². The van der Waals surface area contributed by atoms with E-state index in [-0.39, 0.29) is 4.90 Å². The number of halogens is 2. The van der Waals surface area contributed by atoms with Gasteiger partial charge < -0.3 is 5.32 Å². The fraction of sp³-hybridized carbons (Fsp3) is 0.538. The maximum Gasteiger partial charge on any atom is 0.142 e. The van der Waals surface area contributed by atoms with Gasteiger partial charge in [-0.05, 0) is 38.4 Å². The fourth-order valence-corrected chi connectivity index (χ4v) is 2.89. The molecular formula is C13H19F2NOS. The van der Waals surface area contributed by atoms with Crippen LogP contribution in [0, 0.1) is 11.6 Å². The van der Waals surface area contributed by atoms with Gasteiger partial charge in [-0.3, -0.25) is 4.21 Å². The van der Waals surface area contributed by atoms with Crippen LogP contribution in [0.5, 0.6) is 0 Å². The summed E-state index contributed by atoms with van der Waals surface area (Å²) >= 11 is 0. The summed E-state index contributed by atoms with van der Waals surface area (Å²) < 4.78 is 37.9. The molecule has 0 aromatic heterocycles. The van der Waals surface area contributed by atoms with Crippen molar-refractivity contribution in [3.63, 3.8) is 0 Å². The Bertz CT molecular complexity index is 412. The maximum absolute atomic E-state index is 13.4. The highest BCUT2D eigenvalue weighted by molar-refractivity contribution is 7.85. The zero-order valence-electron chi connectivity index (χ0n) is 10.7. The Morgan fingerprint density at radius 3 is 2.72 bits per heavy atom. The molecule has 5 heteroatoms. The Balaban J connectivity index is 2.45. The third kappa shape index (κ3) is 4.82. The van der Waals surface area contributed by atoms with Gasteiger partial charge in [-0.1, -0.05) is 6.92 Å². The van der Waals surface area contributed by atoms with Crippen molar-refractivity contribution in [1.82, 2.24) is 5.32 Å². The largest absolute Gasteiger partial charge is 0.315 e. The fourth-order valence-electron chi connectivity index (χ4n) is 1.74. The minimum atomic E-state index is -1.39. The van der Waals surface area contributed by atoms with Gasteiger partial charge in [-0.15, -0.1) is 0 Å². The Hall–Kier alpha value is -0.810. The van der Waals surface area contributed by atoms with Crippen LogP contribution in [0.15, 0.2) is 23.1 Å². The van der Waals surface area contributed by atoms with E-state index in [0.717, 1.165) is 31.5 Å². The van der Waals surface area contributed by atoms with E-state index in [0.29, 0.717) is 11.8 Å². The monoisotopic (exact) mass is 275 g/mol. The Kier molecular flexibility index (Phi) is 6.43. The highest BCUT2D eigenvalue weighted by Gasteiger charge is 2.11. The number of benzene rings is 1. The van der Waals surface area contributed by atoms with Gasteiger partial charge in [0.1, 0.15) is 11.6 Å². The molecule has 2 unspecified atom stereocenters. The van der Waals surface area contributed by atoms with Crippen LogP contribution in [0.4, 0.5) is 8.78 Å². The highest BCUT2D eigenvalue weighted by atomic mass is 32.2. The first kappa shape index (κ1) is 15.2. The first-order valence-electron chi connectivity index (χ1n) is 6.11. The number of hydrogen-bond donors (Lipinski definition) is 1. The van der Waals surface area contributed by atoms with Gasteiger partial charge >= 0.3 is 0 Å². The van der Waals surface area contributed by atoms with Crippen LogP contribution in [0.25, 0.3) is 0 Å². The minimum Gasteiger partial charge on any atom is -0.315 e. The zero-order valence-corrected chi connectivity index (χ0v) is 11.5. The lowest BCUT2D eigenvalue weighted by molar-refractivity contribution is 0.524. The molecule has 0 heterocycles. The first-order valence-corrected chi connectivity index (χ1v) is 7.43. The van der Waals surface area contributed by atoms with Gasteiger partial charge in [0.05, 0.1) is 15.7 Å². The predicted molar refractivity (Wildman–Crippen MR) is 70.0 cm³/mol. The van der Waals surface area contributed by atoms with Crippen LogP contribution in [0.3, 0.4) is 0 Å². The lowest BCUT2D eigenvalue weighted by Crippen LogP contribution is -2.25. The molecule has 2 atom stereocenters. The number of nitrogens with one attached hydrogen (secondary N) is 1. The normalized spacial score (nSPS) is 14.4. The van der Waals surface area contributed by atoms with Gasteiger partial charge in [-0.25, -0.2) is 8.78 Å². The topological polar surface area (TPSA) is 29.1 Å². The summed E-state index contributed by atoms with van der Waals surface area (Å²) in [6.45, 7) is 4.99. The summed E-state index contributed by atoms with van der Waals surface area (Å²) in [5, 5.41) is 3.26. The van der Waals surface area contributed by atoms with Gasteiger partial charge in [0, 0.05) is 17.9 Å². The Morgan fingerprint density at radius 2 is 2.11 bits per heavy atom. The minimum absolute atomic E-state index is 0.0903. The Morgan fingerprint density at radius 1 is 1.39 bits per heavy atom. The predicted octanol–water partition coefficient (Wildman–Crippen LogP) is 2.85. The van der Waals surface area contributed by atoms with E-state index < -0.39 is 22.4 Å². The van der Waals surface area contributed by atoms with E-state index >= 15 is 0 Å². The molecular weight excluding hydrogens is 256 g/mol. The maximum atomic E-state index is 13.4. The molecule has 0 amide bonds. The first-order chi connectivity index (χ1) is 8.54. The van der Waals surface area contributed by atoms with Gasteiger partial charge in [-0.2, -0.15) is 0 Å². The molecule has 0 fully saturated rings. The second-order valence-electron chi connectivity index (χ2n) is 4.23. The van der Waals surface area contributed by atoms with Crippen LogP contribution in [-0.2, 0) is 10.8 Å². The van der Waals surface area contributed by atoms with Crippen molar-refractivity contribution >= 4 is 10.8 Å². The molecule has 0 saturated carbocycles. The van der Waals surface area contributed by atoms with Crippen molar-refractivity contribution < 1.29 is 13.0 Å². The molecule has 0 spiro atoms. The van der Waals surface area contributed by atoms with Gasteiger partial charge in [0.25, 0.3) is 0 Å². The summed E-state index contributed by atoms with van der Waals surface area (Å²) in [6.07, 6.45) is 1.64. The second kappa shape index (κ2) is 7.59. The molecule has 1 N–H and O–H groups in total. The van der Waals surface area contributed by atoms with Crippen molar-refractivity contribution in [2.75, 3.05) is 12.3 Å². The molecule has 2 nitrogen and oxygen atoms in total. The lowest BCUT2D eigenvalue weighted by atomic mass is 10.2. The smallest absolute Gasteiger partial charge is 0.142 e. The summed E-state index contributed by atoms with van der Waals surface area (Å²) in [5.41, 5.74) is 0. The molecule has 0 aliphatic heterocycles. The van der Waals surface area contributed by atoms with Crippen molar-refractivity contribution in [1.29, 1.82) is 0 Å². The summed E-state index contributed by atoms with van der Waals surface area (Å²) in [7, 11) is -1.39. The molecule has 1 rings (SSSR count). The van der Waals surface area contributed by atoms with Gasteiger partial charge in [0.15, 0.2) is 0 Å². The molecule has 0 saturated heterocycles. The SMILES string of the molecule is CCNC(C)CCCS(=O)c1ccc(F)cc1F. The molecule has 18 heavy (non-hydrogen) atoms. The van der Waals surface area contributed by atoms with Crippen LogP contribution in [0.2, 0.25) is 0 Å². The zero-order chi connectivity index (χ0) is 13.5. The summed E-state index contributed by atoms with van der Waals surface area (Å²) in [4.78, 5) is 0.0903. The van der Waals surface area contributed by atoms with Crippen molar-refractivity contribution in [3.8, 4) is 0 Å². The molecule has 1 aromatic carbocycles. The molecule has 0 aliphatic rings. The third-order valence-corrected chi connectivity index (χ3v) is 4.14. The summed E-state index contributed by atoms with van der Waals surface area (Å²) in [5.74, 6) is -0.972. The average Bonchev–Trinajstić information content (AvgIpc) is 2.29. The van der Waals surface area contributed by atoms with Gasteiger partial charge in [0.2, 0.25) is 0 Å². The van der Waals surface area contributed by atoms with Crippen molar-refractivity contribution in [2.24, 2.45) is 0 Å². The number of hydrogen-bond acceptors (Lipinski definition) is 2. The summed E-state index contributed by atoms with van der Waals surface area (Å²) in [6, 6.07) is 3.53. The van der Waals surface area contributed by atoms with E-state index in [2.05, 4.69) is 12.2 Å². The van der Waals surface area contributed by atoms with Crippen molar-refractivity contribution in [2.45, 2.75) is 37.6 Å². The lowest BCUT2D eigenvalue weighted by Gasteiger charge is -2.11. The molecule has 0 bridgehead atoms. The molecule has 1 aromatic rings. The standard InChI is InChI=1S/C13H19F2NOS/c1-3-16-10(2)5-4-8-18(17)13-7-6-11(14)9-12(13)15/h6-7,9-10,16H,3-5,8H2,1-2H3. The van der Waals surface area contributed by atoms with E-state index in [4.69, 9.17) is 0 Å².